The number of aromatic nitrogens is 1. The molecule has 0 saturated carbocycles. The van der Waals surface area contributed by atoms with Crippen LogP contribution in [0.15, 0.2) is 42.7 Å². The smallest absolute Gasteiger partial charge is 0.252 e. The van der Waals surface area contributed by atoms with Crippen LogP contribution in [0.3, 0.4) is 0 Å². The number of nitrogens with one attached hydrogen (secondary N) is 1. The number of amides is 1. The molecule has 6 heteroatoms. The predicted octanol–water partition coefficient (Wildman–Crippen LogP) is 1.62. The van der Waals surface area contributed by atoms with Crippen LogP contribution in [0.25, 0.3) is 0 Å². The van der Waals surface area contributed by atoms with Gasteiger partial charge < -0.3 is 15.8 Å². The van der Waals surface area contributed by atoms with E-state index in [9.17, 15) is 4.79 Å². The van der Waals surface area contributed by atoms with Crippen LogP contribution < -0.4 is 11.1 Å². The number of carbonyl (C=O) groups is 1. The van der Waals surface area contributed by atoms with E-state index in [4.69, 9.17) is 10.5 Å². The molecule has 24 heavy (non-hydrogen) atoms. The Kier molecular flexibility index (Phi) is 5.40. The van der Waals surface area contributed by atoms with Crippen LogP contribution in [0.4, 0.5) is 5.69 Å². The lowest BCUT2D eigenvalue weighted by atomic mass is 10.1. The fourth-order valence-electron chi connectivity index (χ4n) is 2.80. The van der Waals surface area contributed by atoms with Gasteiger partial charge in [-0.1, -0.05) is 24.3 Å². The standard InChI is InChI=1S/C18H22N4O2/c19-18(23)16-12-20-5-4-17(16)21-11-14-2-1-3-15(10-14)13-22-6-8-24-9-7-22/h1-5,10,12H,6-9,11,13H2,(H2,19,23)(H,20,21). The van der Waals surface area contributed by atoms with Gasteiger partial charge in [-0.15, -0.1) is 0 Å². The minimum Gasteiger partial charge on any atom is -0.380 e. The number of benzene rings is 1. The maximum absolute atomic E-state index is 11.4. The van der Waals surface area contributed by atoms with Crippen molar-refractivity contribution in [3.05, 3.63) is 59.4 Å². The van der Waals surface area contributed by atoms with E-state index in [1.807, 2.05) is 0 Å². The number of morpholine rings is 1. The summed E-state index contributed by atoms with van der Waals surface area (Å²) in [6, 6.07) is 10.2. The summed E-state index contributed by atoms with van der Waals surface area (Å²) in [4.78, 5) is 17.8. The summed E-state index contributed by atoms with van der Waals surface area (Å²) in [5.74, 6) is -0.480. The first kappa shape index (κ1) is 16.4. The van der Waals surface area contributed by atoms with Crippen molar-refractivity contribution in [2.45, 2.75) is 13.1 Å². The van der Waals surface area contributed by atoms with Gasteiger partial charge in [-0.2, -0.15) is 0 Å². The lowest BCUT2D eigenvalue weighted by molar-refractivity contribution is 0.0342. The molecule has 126 valence electrons. The van der Waals surface area contributed by atoms with Crippen molar-refractivity contribution in [2.75, 3.05) is 31.6 Å². The average Bonchev–Trinajstić information content (AvgIpc) is 2.61. The average molecular weight is 326 g/mol. The maximum atomic E-state index is 11.4. The predicted molar refractivity (Wildman–Crippen MR) is 92.6 cm³/mol. The van der Waals surface area contributed by atoms with Crippen LogP contribution in [0.5, 0.6) is 0 Å². The van der Waals surface area contributed by atoms with Crippen LogP contribution in [-0.4, -0.2) is 42.1 Å². The summed E-state index contributed by atoms with van der Waals surface area (Å²) in [5.41, 5.74) is 8.93. The molecule has 0 radical (unpaired) electrons. The molecule has 1 aliphatic rings. The van der Waals surface area contributed by atoms with E-state index in [-0.39, 0.29) is 0 Å². The lowest BCUT2D eigenvalue weighted by Gasteiger charge is -2.26. The second-order valence-corrected chi connectivity index (χ2v) is 5.85. The number of primary amides is 1. The van der Waals surface area contributed by atoms with Crippen molar-refractivity contribution in [1.82, 2.24) is 9.88 Å². The zero-order valence-corrected chi connectivity index (χ0v) is 13.6. The van der Waals surface area contributed by atoms with E-state index in [1.165, 1.54) is 11.8 Å². The van der Waals surface area contributed by atoms with Crippen LogP contribution >= 0.6 is 0 Å². The molecule has 1 aromatic carbocycles. The fourth-order valence-corrected chi connectivity index (χ4v) is 2.80. The molecule has 2 heterocycles. The highest BCUT2D eigenvalue weighted by Gasteiger charge is 2.11. The summed E-state index contributed by atoms with van der Waals surface area (Å²) in [6.45, 7) is 5.11. The second-order valence-electron chi connectivity index (χ2n) is 5.85. The highest BCUT2D eigenvalue weighted by Crippen LogP contribution is 2.15. The summed E-state index contributed by atoms with van der Waals surface area (Å²) in [5, 5.41) is 3.27. The monoisotopic (exact) mass is 326 g/mol. The van der Waals surface area contributed by atoms with Crippen LogP contribution in [0, 0.1) is 0 Å². The number of pyridine rings is 1. The molecule has 1 amide bonds. The van der Waals surface area contributed by atoms with Crippen molar-refractivity contribution in [1.29, 1.82) is 0 Å². The molecule has 1 saturated heterocycles. The van der Waals surface area contributed by atoms with Gasteiger partial charge in [-0.3, -0.25) is 14.7 Å². The number of anilines is 1. The van der Waals surface area contributed by atoms with Crippen LogP contribution in [-0.2, 0) is 17.8 Å². The van der Waals surface area contributed by atoms with E-state index in [0.29, 0.717) is 17.8 Å². The van der Waals surface area contributed by atoms with E-state index in [2.05, 4.69) is 39.5 Å². The molecular weight excluding hydrogens is 304 g/mol. The van der Waals surface area contributed by atoms with Crippen molar-refractivity contribution in [2.24, 2.45) is 5.73 Å². The number of rotatable bonds is 6. The molecule has 0 unspecified atom stereocenters. The number of nitrogens with zero attached hydrogens (tertiary/aromatic N) is 2. The molecule has 3 rings (SSSR count). The van der Waals surface area contributed by atoms with Crippen LogP contribution in [0.2, 0.25) is 0 Å². The first-order valence-electron chi connectivity index (χ1n) is 8.08. The second kappa shape index (κ2) is 7.90. The Morgan fingerprint density at radius 2 is 2.04 bits per heavy atom. The van der Waals surface area contributed by atoms with E-state index >= 15 is 0 Å². The Labute approximate surface area is 141 Å². The number of hydrogen-bond donors (Lipinski definition) is 2. The molecule has 0 aliphatic carbocycles. The van der Waals surface area contributed by atoms with E-state index in [1.54, 1.807) is 12.3 Å². The first-order chi connectivity index (χ1) is 11.7. The highest BCUT2D eigenvalue weighted by atomic mass is 16.5. The minimum absolute atomic E-state index is 0.405. The molecule has 6 nitrogen and oxygen atoms in total. The Balaban J connectivity index is 1.63. The third-order valence-corrected chi connectivity index (χ3v) is 4.07. The summed E-state index contributed by atoms with van der Waals surface area (Å²) < 4.78 is 5.38. The molecule has 0 spiro atoms. The Bertz CT molecular complexity index is 699. The number of nitrogens with two attached hydrogens (primary N) is 1. The maximum Gasteiger partial charge on any atom is 0.252 e. The minimum atomic E-state index is -0.480. The molecule has 0 bridgehead atoms. The zero-order chi connectivity index (χ0) is 16.8. The quantitative estimate of drug-likeness (QED) is 0.843. The van der Waals surface area contributed by atoms with E-state index in [0.717, 1.165) is 38.4 Å². The summed E-state index contributed by atoms with van der Waals surface area (Å²) in [7, 11) is 0. The molecule has 2 aromatic rings. The molecular formula is C18H22N4O2. The van der Waals surface area contributed by atoms with Gasteiger partial charge in [0.2, 0.25) is 0 Å². The third-order valence-electron chi connectivity index (χ3n) is 4.07. The third kappa shape index (κ3) is 4.31. The Hall–Kier alpha value is -2.44. The Morgan fingerprint density at radius 1 is 1.25 bits per heavy atom. The van der Waals surface area contributed by atoms with Crippen molar-refractivity contribution in [3.63, 3.8) is 0 Å². The van der Waals surface area contributed by atoms with E-state index < -0.39 is 5.91 Å². The summed E-state index contributed by atoms with van der Waals surface area (Å²) in [6.07, 6.45) is 3.13. The van der Waals surface area contributed by atoms with Crippen LogP contribution in [0.1, 0.15) is 21.5 Å². The molecule has 1 aromatic heterocycles. The highest BCUT2D eigenvalue weighted by molar-refractivity contribution is 5.98. The fraction of sp³-hybridized carbons (Fsp3) is 0.333. The number of ether oxygens (including phenoxy) is 1. The molecule has 0 atom stereocenters. The summed E-state index contributed by atoms with van der Waals surface area (Å²) >= 11 is 0. The normalized spacial score (nSPS) is 15.2. The van der Waals surface area contributed by atoms with Gasteiger partial charge in [0, 0.05) is 38.6 Å². The lowest BCUT2D eigenvalue weighted by Crippen LogP contribution is -2.35. The van der Waals surface area contributed by atoms with Gasteiger partial charge in [0.05, 0.1) is 24.5 Å². The first-order valence-corrected chi connectivity index (χ1v) is 8.08. The van der Waals surface area contributed by atoms with Crippen molar-refractivity contribution >= 4 is 11.6 Å². The van der Waals surface area contributed by atoms with Gasteiger partial charge in [0.15, 0.2) is 0 Å². The van der Waals surface area contributed by atoms with Crippen molar-refractivity contribution in [3.8, 4) is 0 Å². The zero-order valence-electron chi connectivity index (χ0n) is 13.6. The van der Waals surface area contributed by atoms with Crippen molar-refractivity contribution < 1.29 is 9.53 Å². The molecule has 1 fully saturated rings. The van der Waals surface area contributed by atoms with Gasteiger partial charge in [0.25, 0.3) is 5.91 Å². The van der Waals surface area contributed by atoms with Gasteiger partial charge in [-0.25, -0.2) is 0 Å². The van der Waals surface area contributed by atoms with Gasteiger partial charge in [0.1, 0.15) is 0 Å². The number of hydrogen-bond acceptors (Lipinski definition) is 5. The topological polar surface area (TPSA) is 80.5 Å². The number of carbonyl (C=O) groups excluding carboxylic acids is 1. The van der Waals surface area contributed by atoms with Gasteiger partial charge >= 0.3 is 0 Å². The Morgan fingerprint density at radius 3 is 2.83 bits per heavy atom. The van der Waals surface area contributed by atoms with Gasteiger partial charge in [-0.05, 0) is 17.2 Å². The SMILES string of the molecule is NC(=O)c1cnccc1NCc1cccc(CN2CCOCC2)c1. The molecule has 1 aliphatic heterocycles. The molecule has 3 N–H and O–H groups in total. The largest absolute Gasteiger partial charge is 0.380 e.